The highest BCUT2D eigenvalue weighted by molar-refractivity contribution is 5.89. The number of hydrogen-bond acceptors (Lipinski definition) is 3. The molecule has 3 nitrogen and oxygen atoms in total. The second-order valence-electron chi connectivity index (χ2n) is 4.81. The van der Waals surface area contributed by atoms with E-state index in [4.69, 9.17) is 9.84 Å². The molecule has 0 fully saturated rings. The fraction of sp³-hybridized carbons (Fsp3) is 0.533. The summed E-state index contributed by atoms with van der Waals surface area (Å²) >= 11 is 0. The standard InChI is InChI=1S/C15H21FO3/c1-3-11(2)6-4-5-9-19-15(18)13-8-7-12(17)10-14(13)16/h7-8,10-11,17H,3-6,9H2,1-2H3. The summed E-state index contributed by atoms with van der Waals surface area (Å²) < 4.78 is 18.4. The summed E-state index contributed by atoms with van der Waals surface area (Å²) in [7, 11) is 0. The average molecular weight is 268 g/mol. The highest BCUT2D eigenvalue weighted by Crippen LogP contribution is 2.16. The quantitative estimate of drug-likeness (QED) is 0.602. The number of hydrogen-bond donors (Lipinski definition) is 1. The number of ether oxygens (including phenoxy) is 1. The number of esters is 1. The molecule has 1 atom stereocenters. The van der Waals surface area contributed by atoms with Crippen molar-refractivity contribution in [2.75, 3.05) is 6.61 Å². The van der Waals surface area contributed by atoms with Crippen molar-refractivity contribution < 1.29 is 19.0 Å². The third-order valence-electron chi connectivity index (χ3n) is 3.19. The van der Waals surface area contributed by atoms with Crippen LogP contribution in [0.2, 0.25) is 0 Å². The lowest BCUT2D eigenvalue weighted by Gasteiger charge is -2.08. The van der Waals surface area contributed by atoms with E-state index in [0.717, 1.165) is 31.7 Å². The number of halogens is 1. The van der Waals surface area contributed by atoms with E-state index in [2.05, 4.69) is 13.8 Å². The van der Waals surface area contributed by atoms with Gasteiger partial charge in [0.1, 0.15) is 11.6 Å². The van der Waals surface area contributed by atoms with Gasteiger partial charge in [0.2, 0.25) is 0 Å². The van der Waals surface area contributed by atoms with E-state index in [1.807, 2.05) is 0 Å². The fourth-order valence-corrected chi connectivity index (χ4v) is 1.71. The summed E-state index contributed by atoms with van der Waals surface area (Å²) in [6.45, 7) is 4.64. The first-order valence-electron chi connectivity index (χ1n) is 6.70. The Hall–Kier alpha value is -1.58. The Kier molecular flexibility index (Phi) is 6.33. The molecule has 19 heavy (non-hydrogen) atoms. The lowest BCUT2D eigenvalue weighted by molar-refractivity contribution is 0.0491. The maximum Gasteiger partial charge on any atom is 0.341 e. The molecular weight excluding hydrogens is 247 g/mol. The molecule has 0 saturated heterocycles. The van der Waals surface area contributed by atoms with Crippen molar-refractivity contribution in [3.63, 3.8) is 0 Å². The lowest BCUT2D eigenvalue weighted by atomic mass is 10.0. The van der Waals surface area contributed by atoms with Crippen molar-refractivity contribution in [3.8, 4) is 5.75 Å². The van der Waals surface area contributed by atoms with Crippen LogP contribution in [-0.4, -0.2) is 17.7 Å². The van der Waals surface area contributed by atoms with Crippen molar-refractivity contribution in [1.29, 1.82) is 0 Å². The Labute approximate surface area is 113 Å². The minimum atomic E-state index is -0.760. The van der Waals surface area contributed by atoms with Crippen LogP contribution in [0.4, 0.5) is 4.39 Å². The summed E-state index contributed by atoms with van der Waals surface area (Å²) in [4.78, 5) is 11.6. The lowest BCUT2D eigenvalue weighted by Crippen LogP contribution is -2.08. The van der Waals surface area contributed by atoms with Crippen molar-refractivity contribution in [3.05, 3.63) is 29.6 Å². The highest BCUT2D eigenvalue weighted by atomic mass is 19.1. The summed E-state index contributed by atoms with van der Waals surface area (Å²) in [5, 5.41) is 9.05. The Bertz CT molecular complexity index is 418. The molecular formula is C15H21FO3. The van der Waals surface area contributed by atoms with E-state index in [1.165, 1.54) is 12.1 Å². The third-order valence-corrected chi connectivity index (χ3v) is 3.19. The van der Waals surface area contributed by atoms with Gasteiger partial charge >= 0.3 is 5.97 Å². The zero-order valence-corrected chi connectivity index (χ0v) is 11.5. The number of phenolic OH excluding ortho intramolecular Hbond substituents is 1. The van der Waals surface area contributed by atoms with Gasteiger partial charge in [-0.15, -0.1) is 0 Å². The molecule has 1 aromatic rings. The monoisotopic (exact) mass is 268 g/mol. The molecule has 0 aliphatic carbocycles. The maximum absolute atomic E-state index is 13.4. The van der Waals surface area contributed by atoms with Crippen LogP contribution in [0.5, 0.6) is 5.75 Å². The largest absolute Gasteiger partial charge is 0.508 e. The van der Waals surface area contributed by atoms with Gasteiger partial charge < -0.3 is 9.84 Å². The second kappa shape index (κ2) is 7.77. The van der Waals surface area contributed by atoms with Crippen molar-refractivity contribution in [2.45, 2.75) is 39.5 Å². The maximum atomic E-state index is 13.4. The zero-order chi connectivity index (χ0) is 14.3. The van der Waals surface area contributed by atoms with Gasteiger partial charge in [-0.25, -0.2) is 9.18 Å². The van der Waals surface area contributed by atoms with Crippen LogP contribution < -0.4 is 0 Å². The van der Waals surface area contributed by atoms with Gasteiger partial charge in [0.25, 0.3) is 0 Å². The third kappa shape index (κ3) is 5.28. The van der Waals surface area contributed by atoms with Crippen LogP contribution in [0.15, 0.2) is 18.2 Å². The number of rotatable bonds is 7. The smallest absolute Gasteiger partial charge is 0.341 e. The molecule has 4 heteroatoms. The van der Waals surface area contributed by atoms with Crippen LogP contribution in [0.25, 0.3) is 0 Å². The second-order valence-corrected chi connectivity index (χ2v) is 4.81. The zero-order valence-electron chi connectivity index (χ0n) is 11.5. The van der Waals surface area contributed by atoms with E-state index in [-0.39, 0.29) is 11.3 Å². The molecule has 0 aromatic heterocycles. The number of phenols is 1. The number of carbonyl (C=O) groups excluding carboxylic acids is 1. The minimum absolute atomic E-state index is 0.139. The molecule has 1 aromatic carbocycles. The van der Waals surface area contributed by atoms with Crippen molar-refractivity contribution in [1.82, 2.24) is 0 Å². The molecule has 0 amide bonds. The Morgan fingerprint density at radius 1 is 1.42 bits per heavy atom. The molecule has 0 saturated carbocycles. The van der Waals surface area contributed by atoms with E-state index in [9.17, 15) is 9.18 Å². The summed E-state index contributed by atoms with van der Waals surface area (Å²) in [5.74, 6) is -0.960. The Balaban J connectivity index is 2.31. The van der Waals surface area contributed by atoms with E-state index >= 15 is 0 Å². The molecule has 0 radical (unpaired) electrons. The van der Waals surface area contributed by atoms with Gasteiger partial charge in [0.15, 0.2) is 0 Å². The van der Waals surface area contributed by atoms with Crippen LogP contribution in [0, 0.1) is 11.7 Å². The first kappa shape index (κ1) is 15.5. The topological polar surface area (TPSA) is 46.5 Å². The normalized spacial score (nSPS) is 12.2. The Morgan fingerprint density at radius 3 is 2.79 bits per heavy atom. The first-order valence-corrected chi connectivity index (χ1v) is 6.70. The highest BCUT2D eigenvalue weighted by Gasteiger charge is 2.13. The van der Waals surface area contributed by atoms with Crippen molar-refractivity contribution in [2.24, 2.45) is 5.92 Å². The molecule has 0 aliphatic heterocycles. The van der Waals surface area contributed by atoms with Gasteiger partial charge in [0, 0.05) is 6.07 Å². The SMILES string of the molecule is CCC(C)CCCCOC(=O)c1ccc(O)cc1F. The summed E-state index contributed by atoms with van der Waals surface area (Å²) in [6, 6.07) is 3.40. The predicted molar refractivity (Wildman–Crippen MR) is 71.7 cm³/mol. The van der Waals surface area contributed by atoms with Gasteiger partial charge in [0.05, 0.1) is 12.2 Å². The van der Waals surface area contributed by atoms with Crippen LogP contribution >= 0.6 is 0 Å². The molecule has 0 aliphatic rings. The van der Waals surface area contributed by atoms with Gasteiger partial charge in [-0.2, -0.15) is 0 Å². The van der Waals surface area contributed by atoms with E-state index in [0.29, 0.717) is 12.5 Å². The number of unbranched alkanes of at least 4 members (excludes halogenated alkanes) is 1. The van der Waals surface area contributed by atoms with Gasteiger partial charge in [-0.05, 0) is 30.9 Å². The summed E-state index contributed by atoms with van der Waals surface area (Å²) in [6.07, 6.45) is 4.05. The number of benzene rings is 1. The predicted octanol–water partition coefficient (Wildman–Crippen LogP) is 3.90. The molecule has 1 N–H and O–H groups in total. The molecule has 0 bridgehead atoms. The fourth-order valence-electron chi connectivity index (χ4n) is 1.71. The van der Waals surface area contributed by atoms with E-state index in [1.54, 1.807) is 0 Å². The molecule has 1 rings (SSSR count). The van der Waals surface area contributed by atoms with Crippen molar-refractivity contribution >= 4 is 5.97 Å². The Morgan fingerprint density at radius 2 is 2.16 bits per heavy atom. The minimum Gasteiger partial charge on any atom is -0.508 e. The van der Waals surface area contributed by atoms with E-state index < -0.39 is 11.8 Å². The van der Waals surface area contributed by atoms with Crippen LogP contribution in [0.1, 0.15) is 49.9 Å². The summed E-state index contributed by atoms with van der Waals surface area (Å²) in [5.41, 5.74) is -0.139. The van der Waals surface area contributed by atoms with Crippen LogP contribution in [-0.2, 0) is 4.74 Å². The number of aromatic hydroxyl groups is 1. The number of carbonyl (C=O) groups is 1. The molecule has 0 heterocycles. The molecule has 1 unspecified atom stereocenters. The first-order chi connectivity index (χ1) is 9.04. The average Bonchev–Trinajstić information content (AvgIpc) is 2.37. The van der Waals surface area contributed by atoms with Crippen LogP contribution in [0.3, 0.4) is 0 Å². The van der Waals surface area contributed by atoms with Gasteiger partial charge in [-0.3, -0.25) is 0 Å². The molecule has 0 spiro atoms. The molecule has 106 valence electrons. The van der Waals surface area contributed by atoms with Gasteiger partial charge in [-0.1, -0.05) is 26.7 Å².